The zero-order chi connectivity index (χ0) is 18.3. The summed E-state index contributed by atoms with van der Waals surface area (Å²) in [5.41, 5.74) is 1.13. The molecule has 1 amide bonds. The maximum Gasteiger partial charge on any atom is 0.239 e. The molecule has 7 nitrogen and oxygen atoms in total. The fourth-order valence-corrected chi connectivity index (χ4v) is 3.21. The van der Waals surface area contributed by atoms with Crippen LogP contribution in [0, 0.1) is 0 Å². The molecule has 0 saturated heterocycles. The summed E-state index contributed by atoms with van der Waals surface area (Å²) in [6, 6.07) is 13.7. The number of ether oxygens (including phenoxy) is 2. The number of sulfonamides is 1. The normalized spacial score (nSPS) is 11.0. The molecule has 0 fully saturated rings. The summed E-state index contributed by atoms with van der Waals surface area (Å²) in [7, 11) is -0.698. The van der Waals surface area contributed by atoms with Gasteiger partial charge >= 0.3 is 0 Å². The monoisotopic (exact) mass is 364 g/mol. The van der Waals surface area contributed by atoms with Crippen LogP contribution in [0.1, 0.15) is 5.56 Å². The van der Waals surface area contributed by atoms with Crippen LogP contribution >= 0.6 is 0 Å². The maximum atomic E-state index is 12.1. The van der Waals surface area contributed by atoms with E-state index in [1.807, 2.05) is 6.07 Å². The maximum absolute atomic E-state index is 12.1. The summed E-state index contributed by atoms with van der Waals surface area (Å²) in [6.45, 7) is -0.343. The molecule has 2 N–H and O–H groups in total. The number of carbonyl (C=O) groups is 1. The lowest BCUT2D eigenvalue weighted by molar-refractivity contribution is -0.115. The second kappa shape index (κ2) is 8.50. The minimum absolute atomic E-state index is 0.272. The fourth-order valence-electron chi connectivity index (χ4n) is 2.14. The lowest BCUT2D eigenvalue weighted by Gasteiger charge is -2.11. The average molecular weight is 364 g/mol. The van der Waals surface area contributed by atoms with E-state index in [1.165, 1.54) is 14.2 Å². The van der Waals surface area contributed by atoms with E-state index < -0.39 is 15.9 Å². The van der Waals surface area contributed by atoms with Crippen LogP contribution in [-0.2, 0) is 20.6 Å². The predicted octanol–water partition coefficient (Wildman–Crippen LogP) is 1.76. The Morgan fingerprint density at radius 2 is 1.68 bits per heavy atom. The van der Waals surface area contributed by atoms with Crippen molar-refractivity contribution in [3.05, 3.63) is 54.1 Å². The third kappa shape index (κ3) is 5.77. The molecule has 0 aliphatic heterocycles. The van der Waals surface area contributed by atoms with Crippen LogP contribution in [0.25, 0.3) is 0 Å². The van der Waals surface area contributed by atoms with Crippen molar-refractivity contribution in [1.29, 1.82) is 0 Å². The van der Waals surface area contributed by atoms with Gasteiger partial charge in [0, 0.05) is 5.69 Å². The van der Waals surface area contributed by atoms with Crippen molar-refractivity contribution in [2.75, 3.05) is 26.1 Å². The van der Waals surface area contributed by atoms with Gasteiger partial charge in [-0.25, -0.2) is 13.1 Å². The Kier molecular flexibility index (Phi) is 6.37. The lowest BCUT2D eigenvalue weighted by Crippen LogP contribution is -2.33. The molecule has 0 radical (unpaired) electrons. The standard InChI is InChI=1S/C17H20N2O5S/c1-23-15-9-8-13(10-16(15)24-2)12-25(21,22)18-11-17(20)19-14-6-4-3-5-7-14/h3-10,18H,11-12H2,1-2H3,(H,19,20). The van der Waals surface area contributed by atoms with Gasteiger partial charge in [-0.2, -0.15) is 0 Å². The van der Waals surface area contributed by atoms with Crippen LogP contribution in [0.4, 0.5) is 5.69 Å². The molecule has 0 aliphatic rings. The van der Waals surface area contributed by atoms with Crippen LogP contribution < -0.4 is 19.5 Å². The van der Waals surface area contributed by atoms with Crippen molar-refractivity contribution in [1.82, 2.24) is 4.72 Å². The molecular formula is C17H20N2O5S. The van der Waals surface area contributed by atoms with E-state index in [4.69, 9.17) is 9.47 Å². The number of hydrogen-bond acceptors (Lipinski definition) is 5. The van der Waals surface area contributed by atoms with Crippen molar-refractivity contribution in [3.8, 4) is 11.5 Å². The van der Waals surface area contributed by atoms with Gasteiger partial charge in [-0.3, -0.25) is 4.79 Å². The van der Waals surface area contributed by atoms with E-state index in [2.05, 4.69) is 10.0 Å². The fraction of sp³-hybridized carbons (Fsp3) is 0.235. The molecule has 0 atom stereocenters. The summed E-state index contributed by atoms with van der Waals surface area (Å²) in [5, 5.41) is 2.61. The number of anilines is 1. The first-order chi connectivity index (χ1) is 11.9. The largest absolute Gasteiger partial charge is 0.493 e. The van der Waals surface area contributed by atoms with Crippen molar-refractivity contribution in [2.45, 2.75) is 5.75 Å². The summed E-state index contributed by atoms with van der Waals surface area (Å²) < 4.78 is 36.8. The molecule has 0 unspecified atom stereocenters. The number of benzene rings is 2. The first-order valence-corrected chi connectivity index (χ1v) is 9.12. The highest BCUT2D eigenvalue weighted by atomic mass is 32.2. The summed E-state index contributed by atoms with van der Waals surface area (Å²) >= 11 is 0. The van der Waals surface area contributed by atoms with Gasteiger partial charge in [0.15, 0.2) is 11.5 Å². The van der Waals surface area contributed by atoms with Gasteiger partial charge in [-0.05, 0) is 29.8 Å². The first-order valence-electron chi connectivity index (χ1n) is 7.46. The summed E-state index contributed by atoms with van der Waals surface area (Å²) in [4.78, 5) is 11.8. The third-order valence-electron chi connectivity index (χ3n) is 3.31. The van der Waals surface area contributed by atoms with E-state index in [1.54, 1.807) is 42.5 Å². The van der Waals surface area contributed by atoms with Crippen molar-refractivity contribution >= 4 is 21.6 Å². The minimum atomic E-state index is -3.67. The van der Waals surface area contributed by atoms with E-state index in [9.17, 15) is 13.2 Å². The van der Waals surface area contributed by atoms with Crippen LogP contribution in [0.5, 0.6) is 11.5 Å². The molecule has 2 aromatic rings. The number of hydrogen-bond donors (Lipinski definition) is 2. The molecule has 8 heteroatoms. The minimum Gasteiger partial charge on any atom is -0.493 e. The smallest absolute Gasteiger partial charge is 0.239 e. The Morgan fingerprint density at radius 3 is 2.32 bits per heavy atom. The van der Waals surface area contributed by atoms with Crippen LogP contribution in [-0.4, -0.2) is 35.1 Å². The van der Waals surface area contributed by atoms with Gasteiger partial charge in [0.2, 0.25) is 15.9 Å². The Balaban J connectivity index is 1.94. The van der Waals surface area contributed by atoms with E-state index in [-0.39, 0.29) is 12.3 Å². The average Bonchev–Trinajstić information content (AvgIpc) is 2.60. The van der Waals surface area contributed by atoms with Crippen LogP contribution in [0.15, 0.2) is 48.5 Å². The molecular weight excluding hydrogens is 344 g/mol. The molecule has 0 spiro atoms. The molecule has 134 valence electrons. The Morgan fingerprint density at radius 1 is 1.00 bits per heavy atom. The number of rotatable bonds is 8. The quantitative estimate of drug-likeness (QED) is 0.744. The third-order valence-corrected chi connectivity index (χ3v) is 4.61. The molecule has 2 aromatic carbocycles. The number of carbonyl (C=O) groups excluding carboxylic acids is 1. The van der Waals surface area contributed by atoms with Gasteiger partial charge in [0.1, 0.15) is 0 Å². The number of para-hydroxylation sites is 1. The predicted molar refractivity (Wildman–Crippen MR) is 95.2 cm³/mol. The zero-order valence-corrected chi connectivity index (χ0v) is 14.8. The summed E-state index contributed by atoms with van der Waals surface area (Å²) in [5.74, 6) is 0.240. The van der Waals surface area contributed by atoms with Crippen LogP contribution in [0.2, 0.25) is 0 Å². The number of methoxy groups -OCH3 is 2. The van der Waals surface area contributed by atoms with Gasteiger partial charge in [-0.1, -0.05) is 24.3 Å². The van der Waals surface area contributed by atoms with Gasteiger partial charge in [-0.15, -0.1) is 0 Å². The molecule has 0 bridgehead atoms. The van der Waals surface area contributed by atoms with E-state index in [0.29, 0.717) is 22.7 Å². The molecule has 0 aliphatic carbocycles. The number of amides is 1. The molecule has 2 rings (SSSR count). The van der Waals surface area contributed by atoms with E-state index in [0.717, 1.165) is 0 Å². The molecule has 25 heavy (non-hydrogen) atoms. The Hall–Kier alpha value is -2.58. The van der Waals surface area contributed by atoms with Crippen molar-refractivity contribution < 1.29 is 22.7 Å². The Bertz CT molecular complexity index is 822. The first kappa shape index (κ1) is 18.8. The second-order valence-electron chi connectivity index (χ2n) is 5.18. The van der Waals surface area contributed by atoms with Crippen molar-refractivity contribution in [2.24, 2.45) is 0 Å². The summed E-state index contributed by atoms with van der Waals surface area (Å²) in [6.07, 6.45) is 0. The molecule has 0 heterocycles. The lowest BCUT2D eigenvalue weighted by atomic mass is 10.2. The molecule has 0 aromatic heterocycles. The topological polar surface area (TPSA) is 93.7 Å². The van der Waals surface area contributed by atoms with Gasteiger partial charge < -0.3 is 14.8 Å². The highest BCUT2D eigenvalue weighted by molar-refractivity contribution is 7.88. The number of nitrogens with one attached hydrogen (secondary N) is 2. The highest BCUT2D eigenvalue weighted by Gasteiger charge is 2.15. The highest BCUT2D eigenvalue weighted by Crippen LogP contribution is 2.28. The van der Waals surface area contributed by atoms with E-state index >= 15 is 0 Å². The Labute approximate surface area is 147 Å². The van der Waals surface area contributed by atoms with Crippen molar-refractivity contribution in [3.63, 3.8) is 0 Å². The SMILES string of the molecule is COc1ccc(CS(=O)(=O)NCC(=O)Nc2ccccc2)cc1OC. The van der Waals surface area contributed by atoms with Gasteiger partial charge in [0.25, 0.3) is 0 Å². The molecule has 0 saturated carbocycles. The second-order valence-corrected chi connectivity index (χ2v) is 6.99. The zero-order valence-electron chi connectivity index (χ0n) is 14.0. The van der Waals surface area contributed by atoms with Crippen LogP contribution in [0.3, 0.4) is 0 Å². The van der Waals surface area contributed by atoms with Gasteiger partial charge in [0.05, 0.1) is 26.5 Å².